The van der Waals surface area contributed by atoms with Crippen LogP contribution in [0.15, 0.2) is 18.2 Å². The van der Waals surface area contributed by atoms with Crippen LogP contribution >= 0.6 is 11.8 Å². The molecule has 0 spiro atoms. The molecule has 1 heterocycles. The number of anilines is 1. The summed E-state index contributed by atoms with van der Waals surface area (Å²) in [6, 6.07) is 5.01. The van der Waals surface area contributed by atoms with Gasteiger partial charge in [0, 0.05) is 30.3 Å². The van der Waals surface area contributed by atoms with Gasteiger partial charge in [-0.1, -0.05) is 11.8 Å². The molecular formula is C13H15N3O4S. The van der Waals surface area contributed by atoms with E-state index in [2.05, 4.69) is 10.6 Å². The lowest BCUT2D eigenvalue weighted by Crippen LogP contribution is -2.27. The van der Waals surface area contributed by atoms with Crippen LogP contribution in [0, 0.1) is 5.41 Å². The van der Waals surface area contributed by atoms with Crippen molar-refractivity contribution in [3.05, 3.63) is 18.2 Å². The summed E-state index contributed by atoms with van der Waals surface area (Å²) in [4.78, 5) is 23.4. The Bertz CT molecular complexity index is 569. The molecule has 0 saturated carbocycles. The Morgan fingerprint density at radius 1 is 1.33 bits per heavy atom. The number of nitrogens with one attached hydrogen (secondary N) is 3. The number of methoxy groups -OCH3 is 2. The summed E-state index contributed by atoms with van der Waals surface area (Å²) in [6.07, 6.45) is -0.00158. The van der Waals surface area contributed by atoms with Gasteiger partial charge in [0.25, 0.3) is 0 Å². The molecule has 1 atom stereocenters. The summed E-state index contributed by atoms with van der Waals surface area (Å²) in [5, 5.41) is 11.9. The van der Waals surface area contributed by atoms with E-state index >= 15 is 0 Å². The number of hydrogen-bond acceptors (Lipinski definition) is 6. The molecular weight excluding hydrogens is 294 g/mol. The molecule has 112 valence electrons. The van der Waals surface area contributed by atoms with Crippen LogP contribution in [0.5, 0.6) is 11.5 Å². The third-order valence-electron chi connectivity index (χ3n) is 2.80. The minimum Gasteiger partial charge on any atom is -0.497 e. The van der Waals surface area contributed by atoms with Crippen LogP contribution in [0.3, 0.4) is 0 Å². The van der Waals surface area contributed by atoms with E-state index in [9.17, 15) is 9.59 Å². The van der Waals surface area contributed by atoms with Gasteiger partial charge in [0.2, 0.25) is 11.8 Å². The highest BCUT2D eigenvalue weighted by Gasteiger charge is 2.31. The van der Waals surface area contributed by atoms with Crippen LogP contribution in [0.2, 0.25) is 0 Å². The van der Waals surface area contributed by atoms with Gasteiger partial charge in [0.1, 0.15) is 16.7 Å². The summed E-state index contributed by atoms with van der Waals surface area (Å²) in [5.74, 6) is 0.481. The number of rotatable bonds is 5. The minimum absolute atomic E-state index is 0.00158. The Labute approximate surface area is 125 Å². The zero-order chi connectivity index (χ0) is 15.4. The summed E-state index contributed by atoms with van der Waals surface area (Å²) < 4.78 is 10.2. The number of carbonyl (C=O) groups is 2. The van der Waals surface area contributed by atoms with Crippen molar-refractivity contribution in [3.63, 3.8) is 0 Å². The monoisotopic (exact) mass is 309 g/mol. The van der Waals surface area contributed by atoms with E-state index in [1.807, 2.05) is 0 Å². The van der Waals surface area contributed by atoms with E-state index in [1.165, 1.54) is 14.2 Å². The largest absolute Gasteiger partial charge is 0.497 e. The van der Waals surface area contributed by atoms with Crippen LogP contribution in [0.25, 0.3) is 0 Å². The van der Waals surface area contributed by atoms with E-state index in [0.29, 0.717) is 17.2 Å². The van der Waals surface area contributed by atoms with Crippen molar-refractivity contribution in [2.24, 2.45) is 0 Å². The van der Waals surface area contributed by atoms with Crippen LogP contribution in [-0.4, -0.2) is 36.5 Å². The molecule has 21 heavy (non-hydrogen) atoms. The van der Waals surface area contributed by atoms with Crippen molar-refractivity contribution in [1.29, 1.82) is 5.41 Å². The number of thioether (sulfide) groups is 1. The average molecular weight is 309 g/mol. The smallest absolute Gasteiger partial charge is 0.240 e. The predicted octanol–water partition coefficient (Wildman–Crippen LogP) is 1.20. The van der Waals surface area contributed by atoms with Gasteiger partial charge in [-0.2, -0.15) is 0 Å². The first-order valence-electron chi connectivity index (χ1n) is 6.11. The Morgan fingerprint density at radius 2 is 1.95 bits per heavy atom. The maximum absolute atomic E-state index is 12.0. The zero-order valence-electron chi connectivity index (χ0n) is 11.6. The number of benzene rings is 1. The molecule has 1 aliphatic heterocycles. The highest BCUT2D eigenvalue weighted by molar-refractivity contribution is 8.15. The van der Waals surface area contributed by atoms with Gasteiger partial charge in [-0.3, -0.25) is 15.0 Å². The minimum atomic E-state index is -0.565. The lowest BCUT2D eigenvalue weighted by atomic mass is 10.2. The fraction of sp³-hybridized carbons (Fsp3) is 0.308. The van der Waals surface area contributed by atoms with Gasteiger partial charge in [-0.05, 0) is 0 Å². The molecule has 2 rings (SSSR count). The van der Waals surface area contributed by atoms with Crippen molar-refractivity contribution >= 4 is 34.4 Å². The van der Waals surface area contributed by atoms with Gasteiger partial charge >= 0.3 is 0 Å². The summed E-state index contributed by atoms with van der Waals surface area (Å²) >= 11 is 1.04. The first-order chi connectivity index (χ1) is 10.0. The van der Waals surface area contributed by atoms with Crippen LogP contribution in [0.4, 0.5) is 5.69 Å². The molecule has 1 aromatic carbocycles. The maximum Gasteiger partial charge on any atom is 0.240 e. The van der Waals surface area contributed by atoms with Crippen molar-refractivity contribution in [2.45, 2.75) is 11.7 Å². The molecule has 0 bridgehead atoms. The molecule has 8 heteroatoms. The number of hydrogen-bond donors (Lipinski definition) is 3. The molecule has 0 aliphatic carbocycles. The summed E-state index contributed by atoms with van der Waals surface area (Å²) in [6.45, 7) is 0. The first kappa shape index (κ1) is 15.2. The normalized spacial score (nSPS) is 17.3. The van der Waals surface area contributed by atoms with Gasteiger partial charge in [0.05, 0.1) is 14.2 Å². The third-order valence-corrected chi connectivity index (χ3v) is 3.80. The number of carbonyl (C=O) groups excluding carboxylic acids is 2. The van der Waals surface area contributed by atoms with Gasteiger partial charge < -0.3 is 20.1 Å². The fourth-order valence-electron chi connectivity index (χ4n) is 1.81. The third kappa shape index (κ3) is 3.88. The molecule has 7 nitrogen and oxygen atoms in total. The average Bonchev–Trinajstić information content (AvgIpc) is 2.76. The molecule has 3 N–H and O–H groups in total. The Kier molecular flexibility index (Phi) is 4.69. The topological polar surface area (TPSA) is 101 Å². The van der Waals surface area contributed by atoms with Crippen LogP contribution in [0.1, 0.15) is 6.42 Å². The van der Waals surface area contributed by atoms with Crippen molar-refractivity contribution in [2.75, 3.05) is 19.5 Å². The fourth-order valence-corrected chi connectivity index (χ4v) is 2.66. The standard InChI is InChI=1S/C13H15N3O4S/c1-19-8-3-7(4-9(5-8)20-2)15-11(17)6-10-12(18)16-13(14)21-10/h3-5,10H,6H2,1-2H3,(H,15,17)(H2,14,16,18). The molecule has 1 fully saturated rings. The molecule has 1 unspecified atom stereocenters. The van der Waals surface area contributed by atoms with Crippen LogP contribution in [-0.2, 0) is 9.59 Å². The number of amides is 2. The molecule has 0 aromatic heterocycles. The number of amidine groups is 1. The summed E-state index contributed by atoms with van der Waals surface area (Å²) in [5.41, 5.74) is 0.523. The zero-order valence-corrected chi connectivity index (χ0v) is 12.4. The maximum atomic E-state index is 12.0. The molecule has 0 radical (unpaired) electrons. The second-order valence-corrected chi connectivity index (χ2v) is 5.49. The van der Waals surface area contributed by atoms with E-state index < -0.39 is 5.25 Å². The van der Waals surface area contributed by atoms with E-state index in [-0.39, 0.29) is 23.4 Å². The van der Waals surface area contributed by atoms with E-state index in [4.69, 9.17) is 14.9 Å². The molecule has 1 aliphatic rings. The Hall–Kier alpha value is -2.22. The van der Waals surface area contributed by atoms with Crippen molar-refractivity contribution in [1.82, 2.24) is 5.32 Å². The lowest BCUT2D eigenvalue weighted by molar-refractivity contribution is -0.122. The van der Waals surface area contributed by atoms with Crippen molar-refractivity contribution < 1.29 is 19.1 Å². The van der Waals surface area contributed by atoms with Crippen LogP contribution < -0.4 is 20.1 Å². The van der Waals surface area contributed by atoms with Gasteiger partial charge in [-0.25, -0.2) is 0 Å². The quantitative estimate of drug-likeness (QED) is 0.759. The number of ether oxygens (including phenoxy) is 2. The predicted molar refractivity (Wildman–Crippen MR) is 80.0 cm³/mol. The highest BCUT2D eigenvalue weighted by atomic mass is 32.2. The molecule has 2 amide bonds. The molecule has 1 aromatic rings. The van der Waals surface area contributed by atoms with Gasteiger partial charge in [-0.15, -0.1) is 0 Å². The Balaban J connectivity index is 2.02. The Morgan fingerprint density at radius 3 is 2.43 bits per heavy atom. The van der Waals surface area contributed by atoms with E-state index in [0.717, 1.165) is 11.8 Å². The first-order valence-corrected chi connectivity index (χ1v) is 6.99. The lowest BCUT2D eigenvalue weighted by Gasteiger charge is -2.10. The highest BCUT2D eigenvalue weighted by Crippen LogP contribution is 2.27. The van der Waals surface area contributed by atoms with Crippen molar-refractivity contribution in [3.8, 4) is 11.5 Å². The summed E-state index contributed by atoms with van der Waals surface area (Å²) in [7, 11) is 3.04. The van der Waals surface area contributed by atoms with Gasteiger partial charge in [0.15, 0.2) is 5.17 Å². The molecule has 1 saturated heterocycles. The second-order valence-electron chi connectivity index (χ2n) is 4.28. The second kappa shape index (κ2) is 6.49. The SMILES string of the molecule is COc1cc(NC(=O)CC2SC(=N)NC2=O)cc(OC)c1. The van der Waals surface area contributed by atoms with E-state index in [1.54, 1.807) is 18.2 Å².